The van der Waals surface area contributed by atoms with Gasteiger partial charge in [-0.3, -0.25) is 9.59 Å². The minimum absolute atomic E-state index is 0.0369. The van der Waals surface area contributed by atoms with Gasteiger partial charge < -0.3 is 15.7 Å². The molecule has 21 heavy (non-hydrogen) atoms. The summed E-state index contributed by atoms with van der Waals surface area (Å²) < 4.78 is 0. The van der Waals surface area contributed by atoms with Crippen LogP contribution in [-0.2, 0) is 4.79 Å². The lowest BCUT2D eigenvalue weighted by molar-refractivity contribution is -0.124. The van der Waals surface area contributed by atoms with Gasteiger partial charge in [-0.05, 0) is 37.1 Å². The van der Waals surface area contributed by atoms with Gasteiger partial charge in [-0.1, -0.05) is 20.8 Å². The van der Waals surface area contributed by atoms with Crippen LogP contribution >= 0.6 is 0 Å². The van der Waals surface area contributed by atoms with Crippen molar-refractivity contribution in [2.45, 2.75) is 33.6 Å². The van der Waals surface area contributed by atoms with Crippen molar-refractivity contribution in [3.8, 4) is 0 Å². The maximum Gasteiger partial charge on any atom is 0.251 e. The lowest BCUT2D eigenvalue weighted by Gasteiger charge is -2.21. The zero-order valence-electron chi connectivity index (χ0n) is 12.9. The predicted molar refractivity (Wildman–Crippen MR) is 83.2 cm³/mol. The Morgan fingerprint density at radius 3 is 2.33 bits per heavy atom. The van der Waals surface area contributed by atoms with E-state index in [-0.39, 0.29) is 18.4 Å². The van der Waals surface area contributed by atoms with Crippen LogP contribution in [0.1, 0.15) is 44.0 Å². The maximum atomic E-state index is 12.0. The number of nitrogens with one attached hydrogen (secondary N) is 2. The summed E-state index contributed by atoms with van der Waals surface area (Å²) in [5.74, 6) is -0.222. The smallest absolute Gasteiger partial charge is 0.251 e. The number of benzene rings is 1. The molecule has 0 aliphatic heterocycles. The van der Waals surface area contributed by atoms with Crippen molar-refractivity contribution in [2.75, 3.05) is 18.5 Å². The summed E-state index contributed by atoms with van der Waals surface area (Å²) in [4.78, 5) is 23.8. The number of amides is 2. The molecule has 116 valence electrons. The van der Waals surface area contributed by atoms with E-state index < -0.39 is 5.41 Å². The number of aliphatic hydroxyl groups excluding tert-OH is 1. The van der Waals surface area contributed by atoms with Gasteiger partial charge in [0, 0.05) is 29.8 Å². The van der Waals surface area contributed by atoms with Crippen LogP contribution in [0.5, 0.6) is 0 Å². The van der Waals surface area contributed by atoms with Gasteiger partial charge in [0.1, 0.15) is 0 Å². The van der Waals surface area contributed by atoms with E-state index in [1.54, 1.807) is 24.3 Å². The third-order valence-electron chi connectivity index (χ3n) is 3.52. The highest BCUT2D eigenvalue weighted by Gasteiger charge is 2.25. The number of anilines is 1. The number of rotatable bonds is 7. The molecular weight excluding hydrogens is 268 g/mol. The van der Waals surface area contributed by atoms with Gasteiger partial charge in [-0.15, -0.1) is 0 Å². The van der Waals surface area contributed by atoms with Crippen molar-refractivity contribution in [2.24, 2.45) is 5.41 Å². The largest absolute Gasteiger partial charge is 0.396 e. The number of carbonyl (C=O) groups is 2. The van der Waals surface area contributed by atoms with Crippen LogP contribution in [0.4, 0.5) is 5.69 Å². The predicted octanol–water partition coefficient (Wildman–Crippen LogP) is 2.17. The zero-order chi connectivity index (χ0) is 15.9. The molecule has 3 N–H and O–H groups in total. The Bertz CT molecular complexity index is 481. The summed E-state index contributed by atoms with van der Waals surface area (Å²) in [5.41, 5.74) is 0.787. The number of hydrogen-bond donors (Lipinski definition) is 3. The van der Waals surface area contributed by atoms with Crippen LogP contribution in [-0.4, -0.2) is 30.1 Å². The first-order valence-corrected chi connectivity index (χ1v) is 7.21. The number of carbonyl (C=O) groups excluding carboxylic acids is 2. The van der Waals surface area contributed by atoms with Crippen molar-refractivity contribution in [1.29, 1.82) is 0 Å². The van der Waals surface area contributed by atoms with Crippen LogP contribution in [0.15, 0.2) is 24.3 Å². The average Bonchev–Trinajstić information content (AvgIpc) is 2.48. The average molecular weight is 292 g/mol. The Kier molecular flexibility index (Phi) is 6.37. The van der Waals surface area contributed by atoms with E-state index in [4.69, 9.17) is 5.11 Å². The highest BCUT2D eigenvalue weighted by Crippen LogP contribution is 2.22. The molecule has 2 amide bonds. The first-order valence-electron chi connectivity index (χ1n) is 7.21. The van der Waals surface area contributed by atoms with E-state index in [9.17, 15) is 9.59 Å². The highest BCUT2D eigenvalue weighted by molar-refractivity contribution is 5.97. The van der Waals surface area contributed by atoms with Crippen LogP contribution in [0, 0.1) is 5.41 Å². The van der Waals surface area contributed by atoms with E-state index in [0.717, 1.165) is 6.42 Å². The fourth-order valence-electron chi connectivity index (χ4n) is 1.55. The van der Waals surface area contributed by atoms with Crippen molar-refractivity contribution in [3.63, 3.8) is 0 Å². The summed E-state index contributed by atoms with van der Waals surface area (Å²) in [7, 11) is 0. The third kappa shape index (κ3) is 5.19. The Hall–Kier alpha value is -1.88. The SMILES string of the molecule is CCC(C)(C)C(=O)Nc1ccc(C(=O)NCCCO)cc1. The Labute approximate surface area is 125 Å². The van der Waals surface area contributed by atoms with Gasteiger partial charge in [0.25, 0.3) is 5.91 Å². The van der Waals surface area contributed by atoms with Gasteiger partial charge >= 0.3 is 0 Å². The second-order valence-electron chi connectivity index (χ2n) is 5.60. The third-order valence-corrected chi connectivity index (χ3v) is 3.52. The monoisotopic (exact) mass is 292 g/mol. The van der Waals surface area contributed by atoms with E-state index in [1.807, 2.05) is 20.8 Å². The quantitative estimate of drug-likeness (QED) is 0.674. The molecule has 1 rings (SSSR count). The number of hydrogen-bond acceptors (Lipinski definition) is 3. The molecule has 0 aliphatic carbocycles. The molecule has 0 fully saturated rings. The van der Waals surface area contributed by atoms with Gasteiger partial charge in [0.15, 0.2) is 0 Å². The van der Waals surface area contributed by atoms with Crippen LogP contribution < -0.4 is 10.6 Å². The molecule has 0 saturated heterocycles. The minimum Gasteiger partial charge on any atom is -0.396 e. The summed E-state index contributed by atoms with van der Waals surface area (Å²) in [6.07, 6.45) is 1.29. The highest BCUT2D eigenvalue weighted by atomic mass is 16.3. The Balaban J connectivity index is 2.62. The number of aliphatic hydroxyl groups is 1. The first kappa shape index (κ1) is 17.2. The molecule has 0 spiro atoms. The molecule has 1 aromatic carbocycles. The van der Waals surface area contributed by atoms with Crippen LogP contribution in [0.3, 0.4) is 0 Å². The van der Waals surface area contributed by atoms with Crippen LogP contribution in [0.2, 0.25) is 0 Å². The minimum atomic E-state index is -0.416. The molecule has 0 bridgehead atoms. The summed E-state index contributed by atoms with van der Waals surface area (Å²) in [6.45, 7) is 6.26. The standard InChI is InChI=1S/C16H24N2O3/c1-4-16(2,3)15(21)18-13-8-6-12(7-9-13)14(20)17-10-5-11-19/h6-9,19H,4-5,10-11H2,1-3H3,(H,17,20)(H,18,21). The fraction of sp³-hybridized carbons (Fsp3) is 0.500. The zero-order valence-corrected chi connectivity index (χ0v) is 12.9. The molecule has 5 heteroatoms. The maximum absolute atomic E-state index is 12.0. The van der Waals surface area contributed by atoms with Crippen LogP contribution in [0.25, 0.3) is 0 Å². The fourth-order valence-corrected chi connectivity index (χ4v) is 1.55. The van der Waals surface area contributed by atoms with Crippen molar-refractivity contribution >= 4 is 17.5 Å². The first-order chi connectivity index (χ1) is 9.90. The van der Waals surface area contributed by atoms with Crippen molar-refractivity contribution < 1.29 is 14.7 Å². The molecule has 0 saturated carbocycles. The van der Waals surface area contributed by atoms with Gasteiger partial charge in [0.05, 0.1) is 0 Å². The lowest BCUT2D eigenvalue weighted by atomic mass is 9.89. The molecule has 0 unspecified atom stereocenters. The van der Waals surface area contributed by atoms with E-state index in [1.165, 1.54) is 0 Å². The molecule has 5 nitrogen and oxygen atoms in total. The lowest BCUT2D eigenvalue weighted by Crippen LogP contribution is -2.30. The summed E-state index contributed by atoms with van der Waals surface area (Å²) in [6, 6.07) is 6.76. The molecular formula is C16H24N2O3. The normalized spacial score (nSPS) is 11.0. The molecule has 0 aliphatic rings. The van der Waals surface area contributed by atoms with E-state index in [0.29, 0.717) is 24.2 Å². The molecule has 0 heterocycles. The van der Waals surface area contributed by atoms with Crippen molar-refractivity contribution in [3.05, 3.63) is 29.8 Å². The van der Waals surface area contributed by atoms with Gasteiger partial charge in [-0.25, -0.2) is 0 Å². The Morgan fingerprint density at radius 1 is 1.19 bits per heavy atom. The molecule has 0 radical (unpaired) electrons. The summed E-state index contributed by atoms with van der Waals surface area (Å²) in [5, 5.41) is 14.2. The van der Waals surface area contributed by atoms with E-state index in [2.05, 4.69) is 10.6 Å². The van der Waals surface area contributed by atoms with Crippen molar-refractivity contribution in [1.82, 2.24) is 5.32 Å². The molecule has 1 aromatic rings. The second-order valence-corrected chi connectivity index (χ2v) is 5.60. The van der Waals surface area contributed by atoms with Gasteiger partial charge in [0.2, 0.25) is 5.91 Å². The molecule has 0 atom stereocenters. The Morgan fingerprint density at radius 2 is 1.81 bits per heavy atom. The second kappa shape index (κ2) is 7.78. The summed E-state index contributed by atoms with van der Waals surface area (Å²) >= 11 is 0. The molecule has 0 aromatic heterocycles. The topological polar surface area (TPSA) is 78.4 Å². The van der Waals surface area contributed by atoms with E-state index >= 15 is 0 Å². The van der Waals surface area contributed by atoms with Gasteiger partial charge in [-0.2, -0.15) is 0 Å².